The highest BCUT2D eigenvalue weighted by Gasteiger charge is 2.14. The van der Waals surface area contributed by atoms with Crippen LogP contribution in [-0.2, 0) is 17.6 Å². The first kappa shape index (κ1) is 21.9. The lowest BCUT2D eigenvalue weighted by atomic mass is 10.1. The van der Waals surface area contributed by atoms with Crippen molar-refractivity contribution in [3.63, 3.8) is 0 Å². The summed E-state index contributed by atoms with van der Waals surface area (Å²) in [6.45, 7) is 0. The number of hydrogen-bond acceptors (Lipinski definition) is 6. The Hall–Kier alpha value is -2.77. The lowest BCUT2D eigenvalue weighted by Crippen LogP contribution is -2.12. The molecular weight excluding hydrogens is 424 g/mol. The molecule has 0 spiro atoms. The third kappa shape index (κ3) is 5.43. The number of anilines is 1. The molecule has 1 aromatic heterocycles. The van der Waals surface area contributed by atoms with Crippen molar-refractivity contribution in [2.24, 2.45) is 0 Å². The fourth-order valence-corrected chi connectivity index (χ4v) is 4.05. The molecule has 8 heteroatoms. The smallest absolute Gasteiger partial charge is 0.226 e. The minimum Gasteiger partial charge on any atom is -0.493 e. The van der Waals surface area contributed by atoms with Gasteiger partial charge in [0.2, 0.25) is 11.7 Å². The molecule has 0 aliphatic rings. The van der Waals surface area contributed by atoms with Crippen molar-refractivity contribution in [2.75, 3.05) is 26.6 Å². The van der Waals surface area contributed by atoms with Gasteiger partial charge in [-0.2, -0.15) is 0 Å². The van der Waals surface area contributed by atoms with E-state index in [0.717, 1.165) is 21.0 Å². The van der Waals surface area contributed by atoms with Crippen molar-refractivity contribution in [2.45, 2.75) is 19.3 Å². The summed E-state index contributed by atoms with van der Waals surface area (Å²) in [7, 11) is 4.69. The van der Waals surface area contributed by atoms with E-state index in [-0.39, 0.29) is 5.91 Å². The summed E-state index contributed by atoms with van der Waals surface area (Å²) in [5, 5.41) is 4.16. The number of hydrogen-bond donors (Lipinski definition) is 1. The minimum atomic E-state index is -0.109. The number of rotatable bonds is 9. The second kappa shape index (κ2) is 10.3. The lowest BCUT2D eigenvalue weighted by Gasteiger charge is -2.14. The average Bonchev–Trinajstić information content (AvgIpc) is 3.19. The summed E-state index contributed by atoms with van der Waals surface area (Å²) < 4.78 is 16.0. The summed E-state index contributed by atoms with van der Waals surface area (Å²) in [6.07, 6.45) is 3.28. The van der Waals surface area contributed by atoms with E-state index in [1.807, 2.05) is 36.4 Å². The van der Waals surface area contributed by atoms with Crippen LogP contribution >= 0.6 is 22.9 Å². The van der Waals surface area contributed by atoms with Crippen LogP contribution in [0.3, 0.4) is 0 Å². The summed E-state index contributed by atoms with van der Waals surface area (Å²) >= 11 is 7.66. The molecule has 0 saturated carbocycles. The maximum atomic E-state index is 12.4. The van der Waals surface area contributed by atoms with Gasteiger partial charge < -0.3 is 19.5 Å². The molecule has 158 valence electrons. The Morgan fingerprint density at radius 2 is 1.80 bits per heavy atom. The monoisotopic (exact) mass is 446 g/mol. The van der Waals surface area contributed by atoms with Gasteiger partial charge in [0.15, 0.2) is 16.6 Å². The molecule has 2 aromatic carbocycles. The van der Waals surface area contributed by atoms with E-state index in [4.69, 9.17) is 25.8 Å². The Morgan fingerprint density at radius 3 is 2.43 bits per heavy atom. The van der Waals surface area contributed by atoms with Gasteiger partial charge in [-0.3, -0.25) is 4.79 Å². The number of carbonyl (C=O) groups is 1. The zero-order valence-corrected chi connectivity index (χ0v) is 18.6. The number of nitrogens with zero attached hydrogens (tertiary/aromatic N) is 1. The van der Waals surface area contributed by atoms with Crippen LogP contribution in [-0.4, -0.2) is 32.2 Å². The molecule has 1 heterocycles. The number of nitrogens with one attached hydrogen (secondary N) is 1. The van der Waals surface area contributed by atoms with E-state index >= 15 is 0 Å². The lowest BCUT2D eigenvalue weighted by molar-refractivity contribution is -0.116. The van der Waals surface area contributed by atoms with Gasteiger partial charge in [0, 0.05) is 28.9 Å². The molecule has 0 bridgehead atoms. The second-order valence-electron chi connectivity index (χ2n) is 6.48. The Labute approximate surface area is 184 Å². The van der Waals surface area contributed by atoms with Gasteiger partial charge in [0.1, 0.15) is 0 Å². The Kier molecular flexibility index (Phi) is 7.54. The van der Waals surface area contributed by atoms with Gasteiger partial charge in [-0.15, -0.1) is 11.3 Å². The van der Waals surface area contributed by atoms with Crippen molar-refractivity contribution < 1.29 is 19.0 Å². The van der Waals surface area contributed by atoms with Crippen molar-refractivity contribution in [1.82, 2.24) is 4.98 Å². The number of carbonyl (C=O) groups excluding carboxylic acids is 1. The van der Waals surface area contributed by atoms with Gasteiger partial charge in [-0.05, 0) is 35.7 Å². The van der Waals surface area contributed by atoms with Crippen LogP contribution < -0.4 is 19.5 Å². The molecule has 0 aliphatic carbocycles. The van der Waals surface area contributed by atoms with Crippen LogP contribution in [0.2, 0.25) is 5.02 Å². The highest BCUT2D eigenvalue weighted by atomic mass is 35.5. The van der Waals surface area contributed by atoms with Gasteiger partial charge in [-0.1, -0.05) is 29.8 Å². The summed E-state index contributed by atoms with van der Waals surface area (Å²) in [6, 6.07) is 11.4. The number of aromatic nitrogens is 1. The third-order valence-electron chi connectivity index (χ3n) is 4.49. The van der Waals surface area contributed by atoms with Crippen LogP contribution in [0.25, 0.3) is 0 Å². The normalized spacial score (nSPS) is 10.5. The van der Waals surface area contributed by atoms with E-state index in [0.29, 0.717) is 41.6 Å². The van der Waals surface area contributed by atoms with Gasteiger partial charge in [0.25, 0.3) is 0 Å². The van der Waals surface area contributed by atoms with Crippen LogP contribution in [0.15, 0.2) is 42.6 Å². The molecule has 0 fully saturated rings. The molecule has 3 aromatic rings. The first-order valence-electron chi connectivity index (χ1n) is 9.31. The molecule has 30 heavy (non-hydrogen) atoms. The molecule has 0 atom stereocenters. The first-order valence-corrected chi connectivity index (χ1v) is 10.5. The minimum absolute atomic E-state index is 0.109. The number of ether oxygens (including phenoxy) is 3. The molecule has 0 radical (unpaired) electrons. The maximum Gasteiger partial charge on any atom is 0.226 e. The highest BCUT2D eigenvalue weighted by molar-refractivity contribution is 7.15. The van der Waals surface area contributed by atoms with E-state index < -0.39 is 0 Å². The van der Waals surface area contributed by atoms with E-state index in [1.165, 1.54) is 11.3 Å². The number of halogens is 1. The SMILES string of the molecule is COc1cc(CCC(=O)Nc2ncc(Cc3ccccc3Cl)s2)cc(OC)c1OC. The Balaban J connectivity index is 1.59. The van der Waals surface area contributed by atoms with Gasteiger partial charge >= 0.3 is 0 Å². The topological polar surface area (TPSA) is 69.7 Å². The number of benzene rings is 2. The van der Waals surface area contributed by atoms with Crippen LogP contribution in [0.5, 0.6) is 17.2 Å². The second-order valence-corrected chi connectivity index (χ2v) is 8.00. The summed E-state index contributed by atoms with van der Waals surface area (Å²) in [4.78, 5) is 17.7. The average molecular weight is 447 g/mol. The molecular formula is C22H23ClN2O4S. The van der Waals surface area contributed by atoms with Crippen molar-refractivity contribution >= 4 is 34.0 Å². The standard InChI is InChI=1S/C22H23ClN2O4S/c1-27-18-10-14(11-19(28-2)21(18)29-3)8-9-20(26)25-22-24-13-16(30-22)12-15-6-4-5-7-17(15)23/h4-7,10-11,13H,8-9,12H2,1-3H3,(H,24,25,26). The molecule has 3 rings (SSSR count). The largest absolute Gasteiger partial charge is 0.493 e. The molecule has 6 nitrogen and oxygen atoms in total. The molecule has 0 unspecified atom stereocenters. The van der Waals surface area contributed by atoms with Crippen molar-refractivity contribution in [3.8, 4) is 17.2 Å². The van der Waals surface area contributed by atoms with Crippen molar-refractivity contribution in [1.29, 1.82) is 0 Å². The molecule has 1 N–H and O–H groups in total. The highest BCUT2D eigenvalue weighted by Crippen LogP contribution is 2.38. The fourth-order valence-electron chi connectivity index (χ4n) is 3.00. The Bertz CT molecular complexity index is 997. The molecule has 0 saturated heterocycles. The number of thiazole rings is 1. The van der Waals surface area contributed by atoms with Crippen molar-refractivity contribution in [3.05, 3.63) is 63.6 Å². The first-order chi connectivity index (χ1) is 14.5. The van der Waals surface area contributed by atoms with Gasteiger partial charge in [0.05, 0.1) is 21.3 Å². The van der Waals surface area contributed by atoms with Crippen LogP contribution in [0.1, 0.15) is 22.4 Å². The predicted molar refractivity (Wildman–Crippen MR) is 119 cm³/mol. The molecule has 1 amide bonds. The van der Waals surface area contributed by atoms with Crippen LogP contribution in [0, 0.1) is 0 Å². The quantitative estimate of drug-likeness (QED) is 0.501. The third-order valence-corrected chi connectivity index (χ3v) is 5.77. The number of methoxy groups -OCH3 is 3. The molecule has 0 aliphatic heterocycles. The zero-order chi connectivity index (χ0) is 21.5. The summed E-state index contributed by atoms with van der Waals surface area (Å²) in [5.41, 5.74) is 1.95. The van der Waals surface area contributed by atoms with E-state index in [9.17, 15) is 4.79 Å². The predicted octanol–water partition coefficient (Wildman–Crippen LogP) is 4.98. The Morgan fingerprint density at radius 1 is 1.10 bits per heavy atom. The number of aryl methyl sites for hydroxylation is 1. The van der Waals surface area contributed by atoms with E-state index in [2.05, 4.69) is 10.3 Å². The maximum absolute atomic E-state index is 12.4. The van der Waals surface area contributed by atoms with Crippen LogP contribution in [0.4, 0.5) is 5.13 Å². The fraction of sp³-hybridized carbons (Fsp3) is 0.273. The number of amides is 1. The van der Waals surface area contributed by atoms with E-state index in [1.54, 1.807) is 27.5 Å². The summed E-state index contributed by atoms with van der Waals surface area (Å²) in [5.74, 6) is 1.55. The zero-order valence-electron chi connectivity index (χ0n) is 17.0. The van der Waals surface area contributed by atoms with Gasteiger partial charge in [-0.25, -0.2) is 4.98 Å².